The van der Waals surface area contributed by atoms with Gasteiger partial charge in [-0.2, -0.15) is 0 Å². The van der Waals surface area contributed by atoms with Crippen molar-refractivity contribution >= 4 is 27.5 Å². The predicted octanol–water partition coefficient (Wildman–Crippen LogP) is 3.55. The first-order valence-electron chi connectivity index (χ1n) is 6.51. The maximum absolute atomic E-state index is 12.0. The molecule has 3 rings (SSSR count). The molecule has 0 saturated carbocycles. The van der Waals surface area contributed by atoms with Crippen molar-refractivity contribution in [1.82, 2.24) is 4.57 Å². The lowest BCUT2D eigenvalue weighted by molar-refractivity contribution is 0.0589. The Morgan fingerprint density at radius 2 is 2.10 bits per heavy atom. The van der Waals surface area contributed by atoms with E-state index in [1.807, 2.05) is 46.3 Å². The Labute approximate surface area is 126 Å². The zero-order chi connectivity index (χ0) is 14.8. The molecular formula is C16H15NO3S. The van der Waals surface area contributed by atoms with Gasteiger partial charge in [-0.15, -0.1) is 11.3 Å². The Morgan fingerprint density at radius 3 is 2.86 bits per heavy atom. The van der Waals surface area contributed by atoms with Crippen LogP contribution < -0.4 is 4.74 Å². The number of nitrogens with zero attached hydrogens (tertiary/aromatic N) is 1. The zero-order valence-electron chi connectivity index (χ0n) is 11.8. The SMILES string of the molecule is COC(=O)c1cc2ccsc2n1Cc1cccc(OC)c1. The summed E-state index contributed by atoms with van der Waals surface area (Å²) in [4.78, 5) is 13.0. The second-order valence-electron chi connectivity index (χ2n) is 4.64. The van der Waals surface area contributed by atoms with Crippen LogP contribution in [0.4, 0.5) is 0 Å². The van der Waals surface area contributed by atoms with Gasteiger partial charge in [0.2, 0.25) is 0 Å². The van der Waals surface area contributed by atoms with Gasteiger partial charge in [0.05, 0.1) is 14.2 Å². The number of aromatic nitrogens is 1. The molecule has 0 amide bonds. The lowest BCUT2D eigenvalue weighted by Crippen LogP contribution is -2.11. The lowest BCUT2D eigenvalue weighted by Gasteiger charge is -2.10. The van der Waals surface area contributed by atoms with Crippen LogP contribution in [0.25, 0.3) is 10.2 Å². The summed E-state index contributed by atoms with van der Waals surface area (Å²) >= 11 is 1.62. The van der Waals surface area contributed by atoms with Gasteiger partial charge in [0, 0.05) is 11.9 Å². The van der Waals surface area contributed by atoms with Crippen LogP contribution in [0, 0.1) is 0 Å². The molecule has 1 aromatic carbocycles. The van der Waals surface area contributed by atoms with E-state index in [0.29, 0.717) is 12.2 Å². The maximum Gasteiger partial charge on any atom is 0.354 e. The van der Waals surface area contributed by atoms with E-state index in [1.165, 1.54) is 7.11 Å². The Morgan fingerprint density at radius 1 is 1.24 bits per heavy atom. The number of thiophene rings is 1. The molecule has 0 fully saturated rings. The van der Waals surface area contributed by atoms with Crippen LogP contribution in [0.2, 0.25) is 0 Å². The van der Waals surface area contributed by atoms with Gasteiger partial charge < -0.3 is 14.0 Å². The summed E-state index contributed by atoms with van der Waals surface area (Å²) in [5.74, 6) is 0.489. The monoisotopic (exact) mass is 301 g/mol. The van der Waals surface area contributed by atoms with Gasteiger partial charge >= 0.3 is 5.97 Å². The van der Waals surface area contributed by atoms with E-state index in [4.69, 9.17) is 9.47 Å². The molecule has 0 radical (unpaired) electrons. The van der Waals surface area contributed by atoms with Crippen LogP contribution in [0.3, 0.4) is 0 Å². The number of hydrogen-bond donors (Lipinski definition) is 0. The Bertz CT molecular complexity index is 788. The average molecular weight is 301 g/mol. The summed E-state index contributed by atoms with van der Waals surface area (Å²) in [5, 5.41) is 3.08. The third kappa shape index (κ3) is 2.52. The highest BCUT2D eigenvalue weighted by Crippen LogP contribution is 2.27. The normalized spacial score (nSPS) is 10.8. The first-order valence-corrected chi connectivity index (χ1v) is 7.39. The molecule has 0 spiro atoms. The largest absolute Gasteiger partial charge is 0.497 e. The fraction of sp³-hybridized carbons (Fsp3) is 0.188. The van der Waals surface area contributed by atoms with E-state index in [-0.39, 0.29) is 5.97 Å². The highest BCUT2D eigenvalue weighted by Gasteiger charge is 2.17. The van der Waals surface area contributed by atoms with E-state index >= 15 is 0 Å². The molecule has 0 N–H and O–H groups in total. The summed E-state index contributed by atoms with van der Waals surface area (Å²) in [7, 11) is 3.05. The van der Waals surface area contributed by atoms with Gasteiger partial charge in [0.15, 0.2) is 0 Å². The van der Waals surface area contributed by atoms with Crippen molar-refractivity contribution in [2.45, 2.75) is 6.54 Å². The molecule has 0 atom stereocenters. The smallest absolute Gasteiger partial charge is 0.354 e. The third-order valence-electron chi connectivity index (χ3n) is 3.37. The van der Waals surface area contributed by atoms with Crippen molar-refractivity contribution in [2.24, 2.45) is 0 Å². The van der Waals surface area contributed by atoms with E-state index in [1.54, 1.807) is 18.4 Å². The topological polar surface area (TPSA) is 40.5 Å². The Kier molecular flexibility index (Phi) is 3.66. The zero-order valence-corrected chi connectivity index (χ0v) is 12.6. The molecule has 108 valence electrons. The van der Waals surface area contributed by atoms with Gasteiger partial charge in [0.1, 0.15) is 16.3 Å². The van der Waals surface area contributed by atoms with Crippen molar-refractivity contribution in [3.63, 3.8) is 0 Å². The van der Waals surface area contributed by atoms with Crippen LogP contribution in [-0.2, 0) is 11.3 Å². The van der Waals surface area contributed by atoms with Crippen LogP contribution >= 0.6 is 11.3 Å². The number of benzene rings is 1. The van der Waals surface area contributed by atoms with Crippen LogP contribution in [0.5, 0.6) is 5.75 Å². The maximum atomic E-state index is 12.0. The van der Waals surface area contributed by atoms with Gasteiger partial charge in [-0.3, -0.25) is 0 Å². The molecule has 0 aliphatic rings. The van der Waals surface area contributed by atoms with E-state index in [2.05, 4.69) is 0 Å². The fourth-order valence-corrected chi connectivity index (χ4v) is 3.26. The highest BCUT2D eigenvalue weighted by molar-refractivity contribution is 7.16. The third-order valence-corrected chi connectivity index (χ3v) is 4.32. The summed E-state index contributed by atoms with van der Waals surface area (Å²) in [6, 6.07) is 11.7. The molecule has 3 aromatic rings. The molecule has 0 bridgehead atoms. The van der Waals surface area contributed by atoms with Gasteiger partial charge in [0.25, 0.3) is 0 Å². The average Bonchev–Trinajstić information content (AvgIpc) is 3.09. The second kappa shape index (κ2) is 5.61. The number of methoxy groups -OCH3 is 2. The molecule has 5 heteroatoms. The Balaban J connectivity index is 2.05. The first-order chi connectivity index (χ1) is 10.2. The summed E-state index contributed by atoms with van der Waals surface area (Å²) in [5.41, 5.74) is 1.65. The van der Waals surface area contributed by atoms with Gasteiger partial charge in [-0.05, 0) is 35.2 Å². The molecule has 21 heavy (non-hydrogen) atoms. The van der Waals surface area contributed by atoms with Crippen molar-refractivity contribution in [2.75, 3.05) is 14.2 Å². The second-order valence-corrected chi connectivity index (χ2v) is 5.53. The number of carbonyl (C=O) groups is 1. The van der Waals surface area contributed by atoms with E-state index < -0.39 is 0 Å². The quantitative estimate of drug-likeness (QED) is 0.692. The molecule has 4 nitrogen and oxygen atoms in total. The minimum atomic E-state index is -0.318. The van der Waals surface area contributed by atoms with Crippen molar-refractivity contribution in [3.8, 4) is 5.75 Å². The molecule has 0 unspecified atom stereocenters. The molecule has 0 saturated heterocycles. The fourth-order valence-electron chi connectivity index (χ4n) is 2.36. The number of carbonyl (C=O) groups excluding carboxylic acids is 1. The standard InChI is InChI=1S/C16H15NO3S/c1-19-13-5-3-4-11(8-13)10-17-14(16(18)20-2)9-12-6-7-21-15(12)17/h3-9H,10H2,1-2H3. The van der Waals surface area contributed by atoms with Crippen LogP contribution in [0.1, 0.15) is 16.1 Å². The number of esters is 1. The number of hydrogen-bond acceptors (Lipinski definition) is 4. The number of rotatable bonds is 4. The first kappa shape index (κ1) is 13.7. The van der Waals surface area contributed by atoms with Crippen molar-refractivity contribution in [1.29, 1.82) is 0 Å². The molecule has 2 heterocycles. The van der Waals surface area contributed by atoms with E-state index in [0.717, 1.165) is 21.5 Å². The molecule has 0 aliphatic carbocycles. The Hall–Kier alpha value is -2.27. The summed E-state index contributed by atoms with van der Waals surface area (Å²) in [6.07, 6.45) is 0. The highest BCUT2D eigenvalue weighted by atomic mass is 32.1. The van der Waals surface area contributed by atoms with Crippen molar-refractivity contribution in [3.05, 3.63) is 53.0 Å². The van der Waals surface area contributed by atoms with Crippen LogP contribution in [0.15, 0.2) is 41.8 Å². The lowest BCUT2D eigenvalue weighted by atomic mass is 10.2. The van der Waals surface area contributed by atoms with Gasteiger partial charge in [-0.1, -0.05) is 12.1 Å². The molecule has 0 aliphatic heterocycles. The minimum absolute atomic E-state index is 0.318. The minimum Gasteiger partial charge on any atom is -0.497 e. The van der Waals surface area contributed by atoms with E-state index in [9.17, 15) is 4.79 Å². The van der Waals surface area contributed by atoms with Gasteiger partial charge in [-0.25, -0.2) is 4.79 Å². The molecule has 2 aromatic heterocycles. The predicted molar refractivity (Wildman–Crippen MR) is 83.3 cm³/mol. The summed E-state index contributed by atoms with van der Waals surface area (Å²) < 4.78 is 12.1. The van der Waals surface area contributed by atoms with Crippen molar-refractivity contribution < 1.29 is 14.3 Å². The number of fused-ring (bicyclic) bond motifs is 1. The molecular weight excluding hydrogens is 286 g/mol. The number of ether oxygens (including phenoxy) is 2. The summed E-state index contributed by atoms with van der Waals surface area (Å²) in [6.45, 7) is 0.603. The van der Waals surface area contributed by atoms with Crippen LogP contribution in [-0.4, -0.2) is 24.8 Å².